The third-order valence-electron chi connectivity index (χ3n) is 2.16. The normalized spacial score (nSPS) is 10.9. The van der Waals surface area contributed by atoms with Gasteiger partial charge in [0.2, 0.25) is 0 Å². The minimum atomic E-state index is 0.365. The van der Waals surface area contributed by atoms with Crippen molar-refractivity contribution in [2.24, 2.45) is 5.92 Å². The van der Waals surface area contributed by atoms with E-state index in [0.717, 1.165) is 12.3 Å². The summed E-state index contributed by atoms with van der Waals surface area (Å²) in [5.41, 5.74) is 0. The summed E-state index contributed by atoms with van der Waals surface area (Å²) < 4.78 is 0. The van der Waals surface area contributed by atoms with Crippen LogP contribution in [0.5, 0.6) is 0 Å². The molecule has 0 fully saturated rings. The van der Waals surface area contributed by atoms with Crippen molar-refractivity contribution in [1.29, 1.82) is 0 Å². The molecule has 1 N–H and O–H groups in total. The third kappa shape index (κ3) is 6.36. The maximum atomic E-state index is 8.65. The van der Waals surface area contributed by atoms with Crippen molar-refractivity contribution in [3.63, 3.8) is 0 Å². The number of rotatable bonds is 7. The van der Waals surface area contributed by atoms with Crippen molar-refractivity contribution >= 4 is 0 Å². The highest BCUT2D eigenvalue weighted by Gasteiger charge is 2.04. The summed E-state index contributed by atoms with van der Waals surface area (Å²) in [6.07, 6.45) is 7.47. The lowest BCUT2D eigenvalue weighted by atomic mass is 9.94. The van der Waals surface area contributed by atoms with E-state index in [9.17, 15) is 0 Å². The molecule has 1 nitrogen and oxygen atoms in total. The Hall–Kier alpha value is -0.0400. The molecular formula is C10H22O. The van der Waals surface area contributed by atoms with E-state index in [2.05, 4.69) is 13.8 Å². The molecule has 0 heterocycles. The first-order valence-corrected chi connectivity index (χ1v) is 4.96. The maximum absolute atomic E-state index is 8.65. The molecule has 0 saturated heterocycles. The van der Waals surface area contributed by atoms with Gasteiger partial charge in [0.25, 0.3) is 0 Å². The van der Waals surface area contributed by atoms with Crippen molar-refractivity contribution in [2.75, 3.05) is 6.61 Å². The van der Waals surface area contributed by atoms with E-state index < -0.39 is 0 Å². The maximum Gasteiger partial charge on any atom is 0.0431 e. The van der Waals surface area contributed by atoms with Crippen molar-refractivity contribution in [1.82, 2.24) is 0 Å². The van der Waals surface area contributed by atoms with Crippen LogP contribution in [-0.2, 0) is 0 Å². The van der Waals surface area contributed by atoms with Gasteiger partial charge in [-0.25, -0.2) is 0 Å². The van der Waals surface area contributed by atoms with Crippen LogP contribution in [0.15, 0.2) is 0 Å². The highest BCUT2D eigenvalue weighted by molar-refractivity contribution is 4.57. The van der Waals surface area contributed by atoms with E-state index in [4.69, 9.17) is 5.11 Å². The fraction of sp³-hybridized carbons (Fsp3) is 1.00. The average Bonchev–Trinajstić information content (AvgIpc) is 2.01. The lowest BCUT2D eigenvalue weighted by molar-refractivity contribution is 0.264. The largest absolute Gasteiger partial charge is 0.396 e. The van der Waals surface area contributed by atoms with Crippen molar-refractivity contribution in [3.8, 4) is 0 Å². The van der Waals surface area contributed by atoms with Gasteiger partial charge in [-0.05, 0) is 18.8 Å². The Balaban J connectivity index is 3.34. The van der Waals surface area contributed by atoms with Crippen LogP contribution in [0.25, 0.3) is 0 Å². The number of hydrogen-bond donors (Lipinski definition) is 1. The lowest BCUT2D eigenvalue weighted by Gasteiger charge is -2.13. The molecule has 0 rings (SSSR count). The Bertz CT molecular complexity index is 65.3. The molecule has 0 aromatic carbocycles. The van der Waals surface area contributed by atoms with Crippen LogP contribution in [0.3, 0.4) is 0 Å². The second-order valence-electron chi connectivity index (χ2n) is 3.31. The summed E-state index contributed by atoms with van der Waals surface area (Å²) in [5.74, 6) is 0.872. The van der Waals surface area contributed by atoms with Gasteiger partial charge in [0, 0.05) is 6.61 Å². The van der Waals surface area contributed by atoms with Gasteiger partial charge in [-0.3, -0.25) is 0 Å². The standard InChI is InChI=1S/C10H22O/c1-3-6-10(7-4-2)8-5-9-11/h10-11H,3-9H2,1-2H3. The van der Waals surface area contributed by atoms with Gasteiger partial charge in [0.1, 0.15) is 0 Å². The monoisotopic (exact) mass is 158 g/mol. The van der Waals surface area contributed by atoms with Crippen LogP contribution >= 0.6 is 0 Å². The summed E-state index contributed by atoms with van der Waals surface area (Å²) in [6, 6.07) is 0. The molecular weight excluding hydrogens is 136 g/mol. The highest BCUT2D eigenvalue weighted by Crippen LogP contribution is 2.18. The van der Waals surface area contributed by atoms with Gasteiger partial charge in [-0.2, -0.15) is 0 Å². The molecule has 0 radical (unpaired) electrons. The van der Waals surface area contributed by atoms with Gasteiger partial charge in [-0.15, -0.1) is 0 Å². The fourth-order valence-corrected chi connectivity index (χ4v) is 1.63. The number of aliphatic hydroxyl groups is 1. The molecule has 0 bridgehead atoms. The Morgan fingerprint density at radius 3 is 1.91 bits per heavy atom. The van der Waals surface area contributed by atoms with Crippen LogP contribution < -0.4 is 0 Å². The summed E-state index contributed by atoms with van der Waals surface area (Å²) in [6.45, 7) is 4.84. The minimum absolute atomic E-state index is 0.365. The average molecular weight is 158 g/mol. The van der Waals surface area contributed by atoms with Crippen LogP contribution in [0.1, 0.15) is 52.4 Å². The van der Waals surface area contributed by atoms with Gasteiger partial charge in [0.15, 0.2) is 0 Å². The first-order valence-electron chi connectivity index (χ1n) is 4.96. The van der Waals surface area contributed by atoms with E-state index in [1.807, 2.05) is 0 Å². The topological polar surface area (TPSA) is 20.2 Å². The first-order chi connectivity index (χ1) is 5.35. The second-order valence-corrected chi connectivity index (χ2v) is 3.31. The van der Waals surface area contributed by atoms with Crippen molar-refractivity contribution in [3.05, 3.63) is 0 Å². The smallest absolute Gasteiger partial charge is 0.0431 e. The Labute approximate surface area is 70.8 Å². The van der Waals surface area contributed by atoms with Crippen molar-refractivity contribution < 1.29 is 5.11 Å². The highest BCUT2D eigenvalue weighted by atomic mass is 16.2. The molecule has 0 aliphatic heterocycles. The zero-order chi connectivity index (χ0) is 8.53. The van der Waals surface area contributed by atoms with Gasteiger partial charge in [0.05, 0.1) is 0 Å². The molecule has 0 aromatic rings. The molecule has 0 aliphatic rings. The summed E-state index contributed by atoms with van der Waals surface area (Å²) in [4.78, 5) is 0. The van der Waals surface area contributed by atoms with Crippen LogP contribution in [0.4, 0.5) is 0 Å². The predicted octanol–water partition coefficient (Wildman–Crippen LogP) is 2.98. The minimum Gasteiger partial charge on any atom is -0.396 e. The van der Waals surface area contributed by atoms with Gasteiger partial charge >= 0.3 is 0 Å². The Morgan fingerprint density at radius 1 is 1.00 bits per heavy atom. The number of hydrogen-bond acceptors (Lipinski definition) is 1. The van der Waals surface area contributed by atoms with Crippen LogP contribution in [-0.4, -0.2) is 11.7 Å². The molecule has 11 heavy (non-hydrogen) atoms. The van der Waals surface area contributed by atoms with E-state index >= 15 is 0 Å². The third-order valence-corrected chi connectivity index (χ3v) is 2.16. The lowest BCUT2D eigenvalue weighted by Crippen LogP contribution is -2.00. The zero-order valence-electron chi connectivity index (χ0n) is 7.97. The van der Waals surface area contributed by atoms with Gasteiger partial charge < -0.3 is 5.11 Å². The van der Waals surface area contributed by atoms with E-state index in [1.165, 1.54) is 32.1 Å². The summed E-state index contributed by atoms with van der Waals surface area (Å²) in [7, 11) is 0. The molecule has 68 valence electrons. The van der Waals surface area contributed by atoms with E-state index in [-0.39, 0.29) is 0 Å². The van der Waals surface area contributed by atoms with E-state index in [1.54, 1.807) is 0 Å². The molecule has 0 atom stereocenters. The Morgan fingerprint density at radius 2 is 1.55 bits per heavy atom. The molecule has 0 amide bonds. The van der Waals surface area contributed by atoms with Crippen LogP contribution in [0, 0.1) is 5.92 Å². The summed E-state index contributed by atoms with van der Waals surface area (Å²) in [5, 5.41) is 8.65. The Kier molecular flexibility index (Phi) is 8.03. The zero-order valence-corrected chi connectivity index (χ0v) is 7.97. The molecule has 1 heteroatoms. The van der Waals surface area contributed by atoms with E-state index in [0.29, 0.717) is 6.61 Å². The first kappa shape index (κ1) is 11.0. The molecule has 0 aromatic heterocycles. The van der Waals surface area contributed by atoms with Crippen molar-refractivity contribution in [2.45, 2.75) is 52.4 Å². The molecule has 0 spiro atoms. The quantitative estimate of drug-likeness (QED) is 0.604. The van der Waals surface area contributed by atoms with Gasteiger partial charge in [-0.1, -0.05) is 39.5 Å². The molecule has 0 aliphatic carbocycles. The SMILES string of the molecule is CCCC(CCC)CCCO. The summed E-state index contributed by atoms with van der Waals surface area (Å²) >= 11 is 0. The molecule has 0 unspecified atom stereocenters. The predicted molar refractivity (Wildman–Crippen MR) is 49.6 cm³/mol. The second kappa shape index (κ2) is 8.06. The number of aliphatic hydroxyl groups excluding tert-OH is 1. The van der Waals surface area contributed by atoms with Crippen LogP contribution in [0.2, 0.25) is 0 Å². The fourth-order valence-electron chi connectivity index (χ4n) is 1.63. The molecule has 0 saturated carbocycles.